The van der Waals surface area contributed by atoms with Gasteiger partial charge in [-0.2, -0.15) is 13.2 Å². The molecule has 4 heteroatoms. The molecule has 2 aromatic carbocycles. The molecule has 1 nitrogen and oxygen atoms in total. The number of hydrogen-bond acceptors (Lipinski definition) is 1. The summed E-state index contributed by atoms with van der Waals surface area (Å²) in [7, 11) is 0. The molecule has 0 fully saturated rings. The number of hydrogen-bond donors (Lipinski definition) is 1. The van der Waals surface area contributed by atoms with Crippen LogP contribution in [0, 0.1) is 6.92 Å². The van der Waals surface area contributed by atoms with Gasteiger partial charge in [-0.05, 0) is 35.2 Å². The summed E-state index contributed by atoms with van der Waals surface area (Å²) in [6, 6.07) is 11.7. The van der Waals surface area contributed by atoms with Gasteiger partial charge in [-0.3, -0.25) is 0 Å². The highest BCUT2D eigenvalue weighted by molar-refractivity contribution is 5.68. The van der Waals surface area contributed by atoms with Crippen LogP contribution in [0.5, 0.6) is 0 Å². The van der Waals surface area contributed by atoms with Crippen molar-refractivity contribution in [3.05, 3.63) is 59.2 Å². The fraction of sp³-hybridized carbons (Fsp3) is 0.200. The topological polar surface area (TPSA) is 26.0 Å². The van der Waals surface area contributed by atoms with Gasteiger partial charge in [0.05, 0.1) is 5.56 Å². The summed E-state index contributed by atoms with van der Waals surface area (Å²) >= 11 is 0. The van der Waals surface area contributed by atoms with Crippen molar-refractivity contribution in [3.63, 3.8) is 0 Å². The predicted octanol–water partition coefficient (Wildman–Crippen LogP) is 4.14. The highest BCUT2D eigenvalue weighted by Gasteiger charge is 2.33. The third kappa shape index (κ3) is 2.79. The molecule has 0 amide bonds. The molecule has 0 aliphatic carbocycles. The summed E-state index contributed by atoms with van der Waals surface area (Å²) in [4.78, 5) is 0. The van der Waals surface area contributed by atoms with E-state index in [1.807, 2.05) is 31.2 Å². The minimum absolute atomic E-state index is 0.116. The van der Waals surface area contributed by atoms with Crippen molar-refractivity contribution in [1.29, 1.82) is 0 Å². The zero-order valence-electron chi connectivity index (χ0n) is 10.5. The summed E-state index contributed by atoms with van der Waals surface area (Å²) in [6.07, 6.45) is -4.38. The van der Waals surface area contributed by atoms with Gasteiger partial charge in [-0.25, -0.2) is 0 Å². The summed E-state index contributed by atoms with van der Waals surface area (Å²) in [5, 5.41) is 0. The largest absolute Gasteiger partial charge is 0.416 e. The van der Waals surface area contributed by atoms with E-state index in [4.69, 9.17) is 5.73 Å². The first-order valence-corrected chi connectivity index (χ1v) is 5.89. The Morgan fingerprint density at radius 3 is 2.32 bits per heavy atom. The van der Waals surface area contributed by atoms with Crippen molar-refractivity contribution < 1.29 is 13.2 Å². The van der Waals surface area contributed by atoms with Crippen molar-refractivity contribution in [2.75, 3.05) is 0 Å². The minimum Gasteiger partial charge on any atom is -0.326 e. The molecular weight excluding hydrogens is 251 g/mol. The van der Waals surface area contributed by atoms with Crippen LogP contribution < -0.4 is 5.73 Å². The van der Waals surface area contributed by atoms with Crippen LogP contribution in [-0.2, 0) is 12.7 Å². The van der Waals surface area contributed by atoms with E-state index >= 15 is 0 Å². The fourth-order valence-corrected chi connectivity index (χ4v) is 2.08. The molecule has 0 saturated carbocycles. The molecule has 0 atom stereocenters. The van der Waals surface area contributed by atoms with E-state index in [-0.39, 0.29) is 12.1 Å². The first-order valence-electron chi connectivity index (χ1n) is 5.89. The maximum absolute atomic E-state index is 13.0. The molecule has 2 N–H and O–H groups in total. The van der Waals surface area contributed by atoms with E-state index in [0.717, 1.165) is 11.1 Å². The molecule has 0 radical (unpaired) electrons. The lowest BCUT2D eigenvalue weighted by atomic mass is 9.96. The molecule has 0 heterocycles. The van der Waals surface area contributed by atoms with E-state index in [1.165, 1.54) is 12.1 Å². The van der Waals surface area contributed by atoms with Crippen molar-refractivity contribution >= 4 is 0 Å². The molecule has 0 aliphatic heterocycles. The molecule has 0 saturated heterocycles. The highest BCUT2D eigenvalue weighted by Crippen LogP contribution is 2.35. The van der Waals surface area contributed by atoms with Crippen molar-refractivity contribution in [2.24, 2.45) is 5.73 Å². The van der Waals surface area contributed by atoms with E-state index in [9.17, 15) is 13.2 Å². The zero-order chi connectivity index (χ0) is 14.0. The van der Waals surface area contributed by atoms with Crippen molar-refractivity contribution in [1.82, 2.24) is 0 Å². The van der Waals surface area contributed by atoms with Gasteiger partial charge in [0.2, 0.25) is 0 Å². The first kappa shape index (κ1) is 13.6. The Kier molecular flexibility index (Phi) is 3.62. The lowest BCUT2D eigenvalue weighted by Crippen LogP contribution is -2.12. The Morgan fingerprint density at radius 2 is 1.74 bits per heavy atom. The van der Waals surface area contributed by atoms with Crippen LogP contribution in [0.4, 0.5) is 13.2 Å². The van der Waals surface area contributed by atoms with Gasteiger partial charge in [-0.15, -0.1) is 0 Å². The van der Waals surface area contributed by atoms with Crippen LogP contribution in [0.3, 0.4) is 0 Å². The van der Waals surface area contributed by atoms with Crippen LogP contribution in [0.2, 0.25) is 0 Å². The molecule has 0 spiro atoms. The van der Waals surface area contributed by atoms with E-state index in [0.29, 0.717) is 5.56 Å². The molecule has 0 aliphatic rings. The maximum atomic E-state index is 13.0. The second-order valence-electron chi connectivity index (χ2n) is 4.39. The predicted molar refractivity (Wildman–Crippen MR) is 69.5 cm³/mol. The highest BCUT2D eigenvalue weighted by atomic mass is 19.4. The monoisotopic (exact) mass is 265 g/mol. The van der Waals surface area contributed by atoms with Gasteiger partial charge in [0.1, 0.15) is 0 Å². The Morgan fingerprint density at radius 1 is 1.05 bits per heavy atom. The average Bonchev–Trinajstić information content (AvgIpc) is 2.37. The summed E-state index contributed by atoms with van der Waals surface area (Å²) in [6.45, 7) is 1.75. The molecule has 2 rings (SSSR count). The second-order valence-corrected chi connectivity index (χ2v) is 4.39. The number of benzene rings is 2. The van der Waals surface area contributed by atoms with Gasteiger partial charge in [-0.1, -0.05) is 36.4 Å². The number of nitrogens with two attached hydrogens (primary N) is 1. The van der Waals surface area contributed by atoms with Crippen LogP contribution in [-0.4, -0.2) is 0 Å². The average molecular weight is 265 g/mol. The van der Waals surface area contributed by atoms with Crippen LogP contribution >= 0.6 is 0 Å². The fourth-order valence-electron chi connectivity index (χ4n) is 2.08. The molecule has 19 heavy (non-hydrogen) atoms. The standard InChI is InChI=1S/C15H14F3N/c1-10-4-2-3-5-13(10)11-6-7-12(9-19)14(8-11)15(16,17)18/h2-8H,9,19H2,1H3. The number of alkyl halides is 3. The van der Waals surface area contributed by atoms with Gasteiger partial charge in [0, 0.05) is 6.54 Å². The smallest absolute Gasteiger partial charge is 0.326 e. The summed E-state index contributed by atoms with van der Waals surface area (Å²) < 4.78 is 38.9. The lowest BCUT2D eigenvalue weighted by Gasteiger charge is -2.14. The summed E-state index contributed by atoms with van der Waals surface area (Å²) in [5.41, 5.74) is 7.13. The Balaban J connectivity index is 2.59. The molecule has 0 aromatic heterocycles. The third-order valence-corrected chi connectivity index (χ3v) is 3.09. The maximum Gasteiger partial charge on any atom is 0.416 e. The van der Waals surface area contributed by atoms with Crippen LogP contribution in [0.15, 0.2) is 42.5 Å². The molecular formula is C15H14F3N. The van der Waals surface area contributed by atoms with Gasteiger partial charge in [0.25, 0.3) is 0 Å². The number of aryl methyl sites for hydroxylation is 1. The molecule has 100 valence electrons. The van der Waals surface area contributed by atoms with Crippen LogP contribution in [0.25, 0.3) is 11.1 Å². The van der Waals surface area contributed by atoms with E-state index < -0.39 is 11.7 Å². The van der Waals surface area contributed by atoms with Gasteiger partial charge < -0.3 is 5.73 Å². The number of rotatable bonds is 2. The normalized spacial score (nSPS) is 11.6. The third-order valence-electron chi connectivity index (χ3n) is 3.09. The Labute approximate surface area is 109 Å². The van der Waals surface area contributed by atoms with Gasteiger partial charge >= 0.3 is 6.18 Å². The molecule has 2 aromatic rings. The lowest BCUT2D eigenvalue weighted by molar-refractivity contribution is -0.138. The van der Waals surface area contributed by atoms with Gasteiger partial charge in [0.15, 0.2) is 0 Å². The quantitative estimate of drug-likeness (QED) is 0.867. The molecule has 0 unspecified atom stereocenters. The van der Waals surface area contributed by atoms with Crippen LogP contribution in [0.1, 0.15) is 16.7 Å². The SMILES string of the molecule is Cc1ccccc1-c1ccc(CN)c(C(F)(F)F)c1. The second kappa shape index (κ2) is 5.05. The molecule has 0 bridgehead atoms. The van der Waals surface area contributed by atoms with Crippen molar-refractivity contribution in [2.45, 2.75) is 19.6 Å². The Hall–Kier alpha value is -1.81. The number of halogens is 3. The summed E-state index contributed by atoms with van der Waals surface area (Å²) in [5.74, 6) is 0. The minimum atomic E-state index is -4.38. The van der Waals surface area contributed by atoms with E-state index in [1.54, 1.807) is 6.07 Å². The van der Waals surface area contributed by atoms with E-state index in [2.05, 4.69) is 0 Å². The Bertz CT molecular complexity index is 588. The first-order chi connectivity index (χ1) is 8.93. The van der Waals surface area contributed by atoms with Crippen molar-refractivity contribution in [3.8, 4) is 11.1 Å². The zero-order valence-corrected chi connectivity index (χ0v) is 10.5.